The molecular formula is C49H61N9O11S. The summed E-state index contributed by atoms with van der Waals surface area (Å²) in [4.78, 5) is 63.1. The minimum absolute atomic E-state index is 0.0180. The van der Waals surface area contributed by atoms with Crippen LogP contribution in [0.3, 0.4) is 0 Å². The number of aliphatic hydroxyl groups excluding tert-OH is 1. The molecule has 0 spiro atoms. The molecule has 4 aromatic heterocycles. The average Bonchev–Trinajstić information content (AvgIpc) is 4.19. The highest BCUT2D eigenvalue weighted by molar-refractivity contribution is 7.13. The van der Waals surface area contributed by atoms with E-state index in [1.807, 2.05) is 87.8 Å². The van der Waals surface area contributed by atoms with Crippen LogP contribution in [0.15, 0.2) is 83.1 Å². The number of aromatic nitrogens is 5. The molecule has 7 rings (SSSR count). The molecule has 20 nitrogen and oxygen atoms in total. The van der Waals surface area contributed by atoms with Gasteiger partial charge in [-0.2, -0.15) is 4.98 Å². The highest BCUT2D eigenvalue weighted by Gasteiger charge is 2.44. The number of likely N-dealkylation sites (tertiary alicyclic amines) is 1. The predicted molar refractivity (Wildman–Crippen MR) is 259 cm³/mol. The van der Waals surface area contributed by atoms with Gasteiger partial charge in [0.15, 0.2) is 5.58 Å². The third-order valence-electron chi connectivity index (χ3n) is 11.1. The summed E-state index contributed by atoms with van der Waals surface area (Å²) in [6.07, 6.45) is 4.30. The van der Waals surface area contributed by atoms with Gasteiger partial charge >= 0.3 is 0 Å². The number of benzene rings is 2. The number of oxazole rings is 1. The number of nitrogens with one attached hydrogen (secondary N) is 4. The van der Waals surface area contributed by atoms with E-state index < -0.39 is 35.4 Å². The zero-order valence-corrected chi connectivity index (χ0v) is 40.6. The van der Waals surface area contributed by atoms with Crippen molar-refractivity contribution in [3.8, 4) is 21.9 Å². The SMILES string of the molecule is Cc1ncsc1-c1ccc(CNC(=O)[C@@H]2C[C@@H](O)CN2C(=O)[C@@H](NC(=O)COCCOCCOCCOCCOc2ccc(COc3ccc4oc(NCc5ncc[nH]5)nc4c3)nc2)C(C)(C)C)cc1. The maximum atomic E-state index is 13.9. The molecular weight excluding hydrogens is 923 g/mol. The highest BCUT2D eigenvalue weighted by atomic mass is 32.1. The van der Waals surface area contributed by atoms with Crippen LogP contribution >= 0.6 is 11.3 Å². The molecule has 374 valence electrons. The Morgan fingerprint density at radius 1 is 0.886 bits per heavy atom. The fourth-order valence-corrected chi connectivity index (χ4v) is 8.20. The lowest BCUT2D eigenvalue weighted by Crippen LogP contribution is -2.58. The van der Waals surface area contributed by atoms with Crippen molar-refractivity contribution in [3.63, 3.8) is 0 Å². The largest absolute Gasteiger partial charge is 0.490 e. The van der Waals surface area contributed by atoms with Crippen LogP contribution in [0, 0.1) is 12.3 Å². The van der Waals surface area contributed by atoms with E-state index in [1.54, 1.807) is 29.9 Å². The monoisotopic (exact) mass is 983 g/mol. The fraction of sp³-hybridized carbons (Fsp3) is 0.449. The number of fused-ring (bicyclic) bond motifs is 1. The number of ether oxygens (including phenoxy) is 6. The molecule has 70 heavy (non-hydrogen) atoms. The quantitative estimate of drug-likeness (QED) is 0.0434. The Hall–Kier alpha value is -6.49. The first-order valence-corrected chi connectivity index (χ1v) is 24.0. The number of rotatable bonds is 27. The van der Waals surface area contributed by atoms with Gasteiger partial charge in [-0.05, 0) is 47.7 Å². The number of pyridine rings is 1. The lowest BCUT2D eigenvalue weighted by Gasteiger charge is -2.35. The van der Waals surface area contributed by atoms with Crippen LogP contribution in [0.4, 0.5) is 6.01 Å². The number of thiazole rings is 1. The summed E-state index contributed by atoms with van der Waals surface area (Å²) in [5, 5.41) is 19.3. The Morgan fingerprint density at radius 2 is 1.61 bits per heavy atom. The van der Waals surface area contributed by atoms with Crippen LogP contribution < -0.4 is 25.4 Å². The van der Waals surface area contributed by atoms with Gasteiger partial charge in [-0.3, -0.25) is 19.4 Å². The molecule has 0 radical (unpaired) electrons. The molecule has 5 N–H and O–H groups in total. The van der Waals surface area contributed by atoms with Crippen molar-refractivity contribution < 1.29 is 52.3 Å². The van der Waals surface area contributed by atoms with Crippen LogP contribution in [0.25, 0.3) is 21.5 Å². The topological polar surface area (TPSA) is 247 Å². The summed E-state index contributed by atoms with van der Waals surface area (Å²) < 4.78 is 39.6. The number of β-amino-alcohol motifs (C(OH)–C–C–N with tert-alkyl or cyclic N) is 1. The second-order valence-electron chi connectivity index (χ2n) is 17.5. The van der Waals surface area contributed by atoms with Crippen LogP contribution in [0.1, 0.15) is 50.0 Å². The number of nitrogens with zero attached hydrogens (tertiary/aromatic N) is 5. The molecule has 1 fully saturated rings. The van der Waals surface area contributed by atoms with Crippen LogP contribution in [0.5, 0.6) is 11.5 Å². The second kappa shape index (κ2) is 25.4. The Balaban J connectivity index is 0.697. The summed E-state index contributed by atoms with van der Waals surface area (Å²) in [6, 6.07) is 15.5. The lowest BCUT2D eigenvalue weighted by molar-refractivity contribution is -0.144. The minimum Gasteiger partial charge on any atom is -0.490 e. The molecule has 6 aromatic rings. The van der Waals surface area contributed by atoms with Gasteiger partial charge in [0.1, 0.15) is 54.7 Å². The van der Waals surface area contributed by atoms with E-state index in [0.29, 0.717) is 74.8 Å². The van der Waals surface area contributed by atoms with Crippen molar-refractivity contribution in [1.82, 2.24) is 40.5 Å². The molecule has 0 aliphatic carbocycles. The third kappa shape index (κ3) is 15.3. The number of carbonyl (C=O) groups is 3. The summed E-state index contributed by atoms with van der Waals surface area (Å²) in [5.74, 6) is 0.721. The molecule has 2 aromatic carbocycles. The Labute approximate surface area is 409 Å². The van der Waals surface area contributed by atoms with Crippen LogP contribution in [-0.2, 0) is 53.0 Å². The standard InChI is InChI=1S/C49H61N9O11S/c1-32-44(70-31-55-32)34-7-5-33(6-8-34)25-53-46(61)40-23-36(59)28-58(40)47(62)45(49(2,3)4)57-43(60)30-66-20-19-64-16-15-63-17-18-65-21-22-67-38-10-9-35(52-26-38)29-68-37-11-12-41-39(24-37)56-48(69-41)54-27-42-50-13-14-51-42/h5-14,24,26,31,36,40,45,59H,15-23,25,27-30H2,1-4H3,(H,50,51)(H,53,61)(H,54,56)(H,57,60)/t36-,40+,45-/m1/s1. The summed E-state index contributed by atoms with van der Waals surface area (Å²) in [6.45, 7) is 10.7. The van der Waals surface area contributed by atoms with E-state index >= 15 is 0 Å². The fourth-order valence-electron chi connectivity index (χ4n) is 7.39. The van der Waals surface area contributed by atoms with Gasteiger partial charge < -0.3 is 63.8 Å². The van der Waals surface area contributed by atoms with E-state index in [9.17, 15) is 19.5 Å². The van der Waals surface area contributed by atoms with Gasteiger partial charge in [-0.25, -0.2) is 9.97 Å². The normalized spacial score (nSPS) is 15.2. The van der Waals surface area contributed by atoms with E-state index in [0.717, 1.165) is 33.2 Å². The molecule has 3 amide bonds. The third-order valence-corrected chi connectivity index (χ3v) is 12.0. The van der Waals surface area contributed by atoms with E-state index in [2.05, 4.69) is 40.9 Å². The van der Waals surface area contributed by atoms with Gasteiger partial charge in [-0.15, -0.1) is 11.3 Å². The van der Waals surface area contributed by atoms with Gasteiger partial charge in [0, 0.05) is 38.0 Å². The molecule has 1 aliphatic rings. The maximum Gasteiger partial charge on any atom is 0.296 e. The second-order valence-corrected chi connectivity index (χ2v) is 18.3. The predicted octanol–water partition coefficient (Wildman–Crippen LogP) is 4.82. The molecule has 0 saturated carbocycles. The summed E-state index contributed by atoms with van der Waals surface area (Å²) >= 11 is 1.57. The molecule has 3 atom stereocenters. The highest BCUT2D eigenvalue weighted by Crippen LogP contribution is 2.29. The number of anilines is 1. The average molecular weight is 984 g/mol. The number of aromatic amines is 1. The first kappa shape index (κ1) is 51.4. The number of aliphatic hydroxyl groups is 1. The van der Waals surface area contributed by atoms with Crippen LogP contribution in [-0.4, -0.2) is 137 Å². The zero-order valence-electron chi connectivity index (χ0n) is 39.8. The number of H-pyrrole nitrogens is 1. The molecule has 1 saturated heterocycles. The lowest BCUT2D eigenvalue weighted by atomic mass is 9.85. The Kier molecular flexibility index (Phi) is 18.6. The number of aryl methyl sites for hydroxylation is 1. The van der Waals surface area contributed by atoms with E-state index in [4.69, 9.17) is 32.8 Å². The number of imidazole rings is 1. The van der Waals surface area contributed by atoms with Crippen molar-refractivity contribution in [1.29, 1.82) is 0 Å². The van der Waals surface area contributed by atoms with Crippen molar-refractivity contribution in [2.75, 3.05) is 71.3 Å². The first-order valence-electron chi connectivity index (χ1n) is 23.1. The zero-order chi connectivity index (χ0) is 49.3. The molecule has 5 heterocycles. The van der Waals surface area contributed by atoms with Crippen molar-refractivity contribution in [2.24, 2.45) is 5.41 Å². The molecule has 21 heteroatoms. The van der Waals surface area contributed by atoms with Gasteiger partial charge in [-0.1, -0.05) is 45.0 Å². The van der Waals surface area contributed by atoms with Gasteiger partial charge in [0.25, 0.3) is 6.01 Å². The number of hydrogen-bond acceptors (Lipinski definition) is 17. The van der Waals surface area contributed by atoms with Gasteiger partial charge in [0.2, 0.25) is 17.7 Å². The molecule has 0 bridgehead atoms. The maximum absolute atomic E-state index is 13.9. The van der Waals surface area contributed by atoms with E-state index in [1.165, 1.54) is 4.90 Å². The number of hydrogen-bond donors (Lipinski definition) is 5. The van der Waals surface area contributed by atoms with Crippen LogP contribution in [0.2, 0.25) is 0 Å². The molecule has 0 unspecified atom stereocenters. The molecule has 1 aliphatic heterocycles. The number of amides is 3. The van der Waals surface area contributed by atoms with Crippen molar-refractivity contribution in [2.45, 2.75) is 72.0 Å². The van der Waals surface area contributed by atoms with Crippen molar-refractivity contribution in [3.05, 3.63) is 101 Å². The Morgan fingerprint density at radius 3 is 2.29 bits per heavy atom. The first-order chi connectivity index (χ1) is 33.9. The van der Waals surface area contributed by atoms with E-state index in [-0.39, 0.29) is 51.8 Å². The Bertz CT molecular complexity index is 2570. The summed E-state index contributed by atoms with van der Waals surface area (Å²) in [7, 11) is 0. The van der Waals surface area contributed by atoms with Gasteiger partial charge in [0.05, 0.1) is 86.9 Å². The number of carbonyl (C=O) groups excluding carboxylic acids is 3. The smallest absolute Gasteiger partial charge is 0.296 e. The summed E-state index contributed by atoms with van der Waals surface area (Å²) in [5.41, 5.74) is 6.05. The minimum atomic E-state index is -0.966. The van der Waals surface area contributed by atoms with Crippen molar-refractivity contribution >= 4 is 46.2 Å².